The van der Waals surface area contributed by atoms with Crippen molar-refractivity contribution in [2.45, 2.75) is 26.3 Å². The van der Waals surface area contributed by atoms with Gasteiger partial charge in [-0.2, -0.15) is 0 Å². The Morgan fingerprint density at radius 2 is 1.80 bits per heavy atom. The molecular formula is C22H24N2O. The van der Waals surface area contributed by atoms with E-state index in [2.05, 4.69) is 72.6 Å². The van der Waals surface area contributed by atoms with Crippen LogP contribution >= 0.6 is 0 Å². The average Bonchev–Trinajstić information content (AvgIpc) is 2.63. The van der Waals surface area contributed by atoms with Crippen molar-refractivity contribution in [2.75, 3.05) is 23.3 Å². The summed E-state index contributed by atoms with van der Waals surface area (Å²) < 4.78 is 0. The molecule has 0 aromatic heterocycles. The molecule has 1 heterocycles. The van der Waals surface area contributed by atoms with Crippen molar-refractivity contribution in [1.82, 2.24) is 0 Å². The summed E-state index contributed by atoms with van der Waals surface area (Å²) in [6, 6.07) is 19.0. The summed E-state index contributed by atoms with van der Waals surface area (Å²) in [5, 5.41) is 16.9. The summed E-state index contributed by atoms with van der Waals surface area (Å²) in [5.41, 5.74) is 4.52. The van der Waals surface area contributed by atoms with Crippen molar-refractivity contribution >= 4 is 22.1 Å². The van der Waals surface area contributed by atoms with Gasteiger partial charge in [-0.15, -0.1) is 0 Å². The Labute approximate surface area is 148 Å². The molecule has 0 aliphatic carbocycles. The number of phenols is 1. The molecule has 0 amide bonds. The number of phenolic OH excluding ortho intramolecular Hbond substituents is 1. The molecule has 0 bridgehead atoms. The number of benzene rings is 3. The third-order valence-electron chi connectivity index (χ3n) is 5.26. The molecule has 1 aliphatic rings. The predicted molar refractivity (Wildman–Crippen MR) is 106 cm³/mol. The second-order valence-electron chi connectivity index (χ2n) is 6.64. The van der Waals surface area contributed by atoms with E-state index in [4.69, 9.17) is 0 Å². The zero-order valence-electron chi connectivity index (χ0n) is 14.8. The van der Waals surface area contributed by atoms with E-state index in [-0.39, 0.29) is 6.04 Å². The van der Waals surface area contributed by atoms with E-state index in [0.717, 1.165) is 36.4 Å². The zero-order chi connectivity index (χ0) is 17.4. The monoisotopic (exact) mass is 332 g/mol. The maximum Gasteiger partial charge on any atom is 0.122 e. The van der Waals surface area contributed by atoms with Gasteiger partial charge in [0.25, 0.3) is 0 Å². The molecule has 4 rings (SSSR count). The smallest absolute Gasteiger partial charge is 0.122 e. The van der Waals surface area contributed by atoms with Crippen molar-refractivity contribution in [3.63, 3.8) is 0 Å². The van der Waals surface area contributed by atoms with Gasteiger partial charge in [0.15, 0.2) is 0 Å². The van der Waals surface area contributed by atoms with Crippen LogP contribution in [0.15, 0.2) is 54.6 Å². The predicted octanol–water partition coefficient (Wildman–Crippen LogP) is 5.10. The Hall–Kier alpha value is -2.68. The molecule has 3 aromatic carbocycles. The summed E-state index contributed by atoms with van der Waals surface area (Å²) in [6.07, 6.45) is 0.881. The Morgan fingerprint density at radius 3 is 2.52 bits per heavy atom. The lowest BCUT2D eigenvalue weighted by atomic mass is 9.89. The molecule has 0 saturated heterocycles. The minimum atomic E-state index is 0.0891. The van der Waals surface area contributed by atoms with Gasteiger partial charge >= 0.3 is 0 Å². The molecule has 1 aliphatic heterocycles. The first-order chi connectivity index (χ1) is 12.2. The highest BCUT2D eigenvalue weighted by Gasteiger charge is 2.23. The van der Waals surface area contributed by atoms with Gasteiger partial charge in [-0.3, -0.25) is 0 Å². The molecular weight excluding hydrogens is 308 g/mol. The minimum absolute atomic E-state index is 0.0891. The highest BCUT2D eigenvalue weighted by atomic mass is 16.3. The minimum Gasteiger partial charge on any atom is -0.508 e. The fourth-order valence-electron chi connectivity index (χ4n) is 3.97. The largest absolute Gasteiger partial charge is 0.508 e. The van der Waals surface area contributed by atoms with Gasteiger partial charge in [0.2, 0.25) is 0 Å². The van der Waals surface area contributed by atoms with Gasteiger partial charge in [-0.25, -0.2) is 0 Å². The Bertz CT molecular complexity index is 874. The van der Waals surface area contributed by atoms with Crippen molar-refractivity contribution < 1.29 is 5.11 Å². The molecule has 1 atom stereocenters. The zero-order valence-corrected chi connectivity index (χ0v) is 14.8. The third-order valence-corrected chi connectivity index (χ3v) is 5.26. The number of nitrogens with one attached hydrogen (secondary N) is 1. The summed E-state index contributed by atoms with van der Waals surface area (Å²) in [5.74, 6) is 0.369. The molecule has 3 aromatic rings. The normalized spacial score (nSPS) is 15.8. The molecule has 1 unspecified atom stereocenters. The van der Waals surface area contributed by atoms with Crippen LogP contribution < -0.4 is 10.2 Å². The van der Waals surface area contributed by atoms with Crippen LogP contribution in [0.3, 0.4) is 0 Å². The van der Waals surface area contributed by atoms with Gasteiger partial charge < -0.3 is 15.3 Å². The second kappa shape index (κ2) is 6.32. The van der Waals surface area contributed by atoms with Crippen LogP contribution in [0.5, 0.6) is 5.75 Å². The molecule has 3 heteroatoms. The van der Waals surface area contributed by atoms with Crippen molar-refractivity contribution in [3.8, 4) is 5.75 Å². The molecule has 0 spiro atoms. The van der Waals surface area contributed by atoms with Crippen LogP contribution in [0.2, 0.25) is 0 Å². The molecule has 0 saturated carbocycles. The number of nitrogens with zero attached hydrogens (tertiary/aromatic N) is 1. The Balaban J connectivity index is 1.70. The highest BCUT2D eigenvalue weighted by Crippen LogP contribution is 2.40. The van der Waals surface area contributed by atoms with Crippen LogP contribution in [0.25, 0.3) is 10.8 Å². The van der Waals surface area contributed by atoms with Gasteiger partial charge in [0.1, 0.15) is 5.75 Å². The lowest BCUT2D eigenvalue weighted by molar-refractivity contribution is 0.463. The number of rotatable bonds is 4. The maximum atomic E-state index is 10.7. The quantitative estimate of drug-likeness (QED) is 0.697. The van der Waals surface area contributed by atoms with Gasteiger partial charge in [-0.1, -0.05) is 36.4 Å². The first-order valence-electron chi connectivity index (χ1n) is 9.06. The van der Waals surface area contributed by atoms with Crippen molar-refractivity contribution in [2.24, 2.45) is 0 Å². The topological polar surface area (TPSA) is 35.5 Å². The second-order valence-corrected chi connectivity index (χ2v) is 6.64. The molecule has 0 fully saturated rings. The molecule has 3 nitrogen and oxygen atoms in total. The van der Waals surface area contributed by atoms with E-state index >= 15 is 0 Å². The lowest BCUT2D eigenvalue weighted by Crippen LogP contribution is -2.22. The first kappa shape index (κ1) is 15.8. The first-order valence-corrected chi connectivity index (χ1v) is 9.06. The van der Waals surface area contributed by atoms with Crippen LogP contribution in [0.4, 0.5) is 11.4 Å². The summed E-state index contributed by atoms with van der Waals surface area (Å²) in [7, 11) is 0. The molecule has 2 N–H and O–H groups in total. The Kier molecular flexibility index (Phi) is 4.00. The van der Waals surface area contributed by atoms with Crippen molar-refractivity contribution in [3.05, 3.63) is 65.7 Å². The van der Waals surface area contributed by atoms with E-state index in [9.17, 15) is 5.11 Å². The maximum absolute atomic E-state index is 10.7. The van der Waals surface area contributed by atoms with Crippen LogP contribution in [0, 0.1) is 0 Å². The molecule has 128 valence electrons. The number of anilines is 2. The summed E-state index contributed by atoms with van der Waals surface area (Å²) in [6.45, 7) is 6.14. The molecule has 25 heavy (non-hydrogen) atoms. The van der Waals surface area contributed by atoms with Crippen LogP contribution in [0.1, 0.15) is 31.0 Å². The third kappa shape index (κ3) is 2.70. The standard InChI is InChI=1S/C22H24N2O/c1-3-24(4-2)17-11-12-18(21(25)14-17)20-13-16-9-5-7-15-8-6-10-19(23-20)22(15)16/h5-12,14,20,23,25H,3-4,13H2,1-2H3. The number of hydrogen-bond acceptors (Lipinski definition) is 3. The Morgan fingerprint density at radius 1 is 1.04 bits per heavy atom. The number of aromatic hydroxyl groups is 1. The number of hydrogen-bond donors (Lipinski definition) is 2. The molecule has 0 radical (unpaired) electrons. The summed E-state index contributed by atoms with van der Waals surface area (Å²) >= 11 is 0. The van der Waals surface area contributed by atoms with E-state index < -0.39 is 0 Å². The summed E-state index contributed by atoms with van der Waals surface area (Å²) in [4.78, 5) is 2.24. The SMILES string of the molecule is CCN(CC)c1ccc(C2Cc3cccc4cccc(c34)N2)c(O)c1. The lowest BCUT2D eigenvalue weighted by Gasteiger charge is -2.29. The van der Waals surface area contributed by atoms with E-state index in [1.807, 2.05) is 6.07 Å². The van der Waals surface area contributed by atoms with Crippen LogP contribution in [-0.2, 0) is 6.42 Å². The van der Waals surface area contributed by atoms with E-state index in [1.54, 1.807) is 0 Å². The van der Waals surface area contributed by atoms with Gasteiger partial charge in [-0.05, 0) is 43.4 Å². The van der Waals surface area contributed by atoms with Gasteiger partial charge in [0.05, 0.1) is 6.04 Å². The fourth-order valence-corrected chi connectivity index (χ4v) is 3.97. The van der Waals surface area contributed by atoms with Gasteiger partial charge in [0, 0.05) is 41.5 Å². The van der Waals surface area contributed by atoms with Crippen molar-refractivity contribution in [1.29, 1.82) is 0 Å². The average molecular weight is 332 g/mol. The van der Waals surface area contributed by atoms with Crippen LogP contribution in [-0.4, -0.2) is 18.2 Å². The van der Waals surface area contributed by atoms with E-state index in [1.165, 1.54) is 16.3 Å². The van der Waals surface area contributed by atoms with E-state index in [0.29, 0.717) is 5.75 Å². The highest BCUT2D eigenvalue weighted by molar-refractivity contribution is 5.97. The fraction of sp³-hybridized carbons (Fsp3) is 0.273.